The number of nitrogens with zero attached hydrogens (tertiary/aromatic N) is 4. The van der Waals surface area contributed by atoms with Crippen molar-refractivity contribution in [1.29, 1.82) is 0 Å². The lowest BCUT2D eigenvalue weighted by Gasteiger charge is -2.27. The highest BCUT2D eigenvalue weighted by Gasteiger charge is 2.15. The Kier molecular flexibility index (Phi) is 4.36. The Morgan fingerprint density at radius 1 is 1.22 bits per heavy atom. The van der Waals surface area contributed by atoms with Gasteiger partial charge >= 0.3 is 0 Å². The first kappa shape index (κ1) is 15.2. The van der Waals surface area contributed by atoms with Crippen molar-refractivity contribution in [3.05, 3.63) is 46.6 Å². The van der Waals surface area contributed by atoms with Gasteiger partial charge in [0.2, 0.25) is 0 Å². The predicted octanol–water partition coefficient (Wildman–Crippen LogP) is 1.42. The summed E-state index contributed by atoms with van der Waals surface area (Å²) >= 11 is 0. The number of carbonyl (C=O) groups excluding carboxylic acids is 1. The van der Waals surface area contributed by atoms with E-state index in [1.54, 1.807) is 25.4 Å². The van der Waals surface area contributed by atoms with E-state index in [2.05, 4.69) is 20.2 Å². The molecule has 3 rings (SSSR count). The molecule has 7 nitrogen and oxygen atoms in total. The number of anilines is 2. The van der Waals surface area contributed by atoms with Gasteiger partial charge < -0.3 is 14.8 Å². The van der Waals surface area contributed by atoms with E-state index in [1.807, 2.05) is 0 Å². The molecule has 0 spiro atoms. The van der Waals surface area contributed by atoms with Crippen LogP contribution in [-0.2, 0) is 7.05 Å². The highest BCUT2D eigenvalue weighted by Crippen LogP contribution is 2.19. The maximum absolute atomic E-state index is 12.3. The molecule has 2 aromatic heterocycles. The summed E-state index contributed by atoms with van der Waals surface area (Å²) in [7, 11) is 1.61. The van der Waals surface area contributed by atoms with Gasteiger partial charge in [0.1, 0.15) is 23.5 Å². The number of aryl methyl sites for hydroxylation is 1. The monoisotopic (exact) mass is 313 g/mol. The molecule has 7 heteroatoms. The van der Waals surface area contributed by atoms with Gasteiger partial charge in [-0.05, 0) is 31.4 Å². The second-order valence-corrected chi connectivity index (χ2v) is 5.60. The predicted molar refractivity (Wildman–Crippen MR) is 87.7 cm³/mol. The minimum Gasteiger partial charge on any atom is -0.356 e. The van der Waals surface area contributed by atoms with Crippen molar-refractivity contribution in [3.63, 3.8) is 0 Å². The Morgan fingerprint density at radius 3 is 2.78 bits per heavy atom. The van der Waals surface area contributed by atoms with Crippen molar-refractivity contribution in [2.75, 3.05) is 23.3 Å². The van der Waals surface area contributed by atoms with Crippen molar-refractivity contribution >= 4 is 17.5 Å². The molecule has 3 heterocycles. The molecule has 23 heavy (non-hydrogen) atoms. The second kappa shape index (κ2) is 6.60. The summed E-state index contributed by atoms with van der Waals surface area (Å²) in [6.07, 6.45) is 6.57. The summed E-state index contributed by atoms with van der Waals surface area (Å²) in [4.78, 5) is 34.8. The summed E-state index contributed by atoms with van der Waals surface area (Å²) < 4.78 is 1.37. The number of hydrogen-bond donors (Lipinski definition) is 1. The van der Waals surface area contributed by atoms with Crippen molar-refractivity contribution < 1.29 is 4.79 Å². The topological polar surface area (TPSA) is 80.1 Å². The zero-order valence-electron chi connectivity index (χ0n) is 13.0. The molecule has 0 atom stereocenters. The third kappa shape index (κ3) is 3.39. The van der Waals surface area contributed by atoms with E-state index >= 15 is 0 Å². The molecule has 1 fully saturated rings. The van der Waals surface area contributed by atoms with Gasteiger partial charge in [-0.2, -0.15) is 0 Å². The fraction of sp³-hybridized carbons (Fsp3) is 0.375. The van der Waals surface area contributed by atoms with E-state index in [1.165, 1.54) is 23.4 Å². The summed E-state index contributed by atoms with van der Waals surface area (Å²) in [5.41, 5.74) is -0.247. The molecule has 120 valence electrons. The average Bonchev–Trinajstić information content (AvgIpc) is 2.58. The van der Waals surface area contributed by atoms with Gasteiger partial charge in [-0.1, -0.05) is 0 Å². The number of aromatic nitrogens is 3. The molecular weight excluding hydrogens is 294 g/mol. The fourth-order valence-electron chi connectivity index (χ4n) is 2.67. The minimum absolute atomic E-state index is 0.0909. The Labute approximate surface area is 134 Å². The average molecular weight is 313 g/mol. The molecule has 0 unspecified atom stereocenters. The van der Waals surface area contributed by atoms with E-state index in [0.717, 1.165) is 31.7 Å². The van der Waals surface area contributed by atoms with Crippen molar-refractivity contribution in [3.8, 4) is 0 Å². The summed E-state index contributed by atoms with van der Waals surface area (Å²) in [5.74, 6) is 0.738. The molecule has 1 saturated heterocycles. The van der Waals surface area contributed by atoms with Gasteiger partial charge in [-0.3, -0.25) is 9.59 Å². The summed E-state index contributed by atoms with van der Waals surface area (Å²) in [6.45, 7) is 1.92. The largest absolute Gasteiger partial charge is 0.356 e. The minimum atomic E-state index is -0.463. The standard InChI is InChI=1S/C16H19N5O2/c1-20-7-5-6-12(16(20)23)15(22)19-13-10-14(18-11-17-13)21-8-3-2-4-9-21/h5-7,10-11H,2-4,8-9H2,1H3,(H,17,18,19,22). The van der Waals surface area contributed by atoms with Gasteiger partial charge in [-0.15, -0.1) is 0 Å². The van der Waals surface area contributed by atoms with Crippen LogP contribution < -0.4 is 15.8 Å². The quantitative estimate of drug-likeness (QED) is 0.927. The molecule has 0 bridgehead atoms. The third-order valence-corrected chi connectivity index (χ3v) is 3.94. The number of carbonyl (C=O) groups is 1. The Hall–Kier alpha value is -2.70. The van der Waals surface area contributed by atoms with Crippen LogP contribution in [0, 0.1) is 0 Å². The zero-order chi connectivity index (χ0) is 16.2. The Balaban J connectivity index is 1.78. The molecule has 1 aliphatic rings. The molecule has 0 saturated carbocycles. The number of amides is 1. The molecule has 1 N–H and O–H groups in total. The van der Waals surface area contributed by atoms with Crippen LogP contribution in [0.4, 0.5) is 11.6 Å². The van der Waals surface area contributed by atoms with Crippen LogP contribution in [-0.4, -0.2) is 33.5 Å². The van der Waals surface area contributed by atoms with Crippen LogP contribution in [0.25, 0.3) is 0 Å². The molecule has 1 amide bonds. The number of rotatable bonds is 3. The van der Waals surface area contributed by atoms with Crippen molar-refractivity contribution in [2.24, 2.45) is 7.05 Å². The number of piperidine rings is 1. The molecular formula is C16H19N5O2. The Morgan fingerprint density at radius 2 is 2.00 bits per heavy atom. The van der Waals surface area contributed by atoms with E-state index in [9.17, 15) is 9.59 Å². The van der Waals surface area contributed by atoms with E-state index < -0.39 is 5.91 Å². The molecule has 0 aromatic carbocycles. The van der Waals surface area contributed by atoms with Crippen molar-refractivity contribution in [2.45, 2.75) is 19.3 Å². The highest BCUT2D eigenvalue weighted by molar-refractivity contribution is 6.03. The first-order valence-corrected chi connectivity index (χ1v) is 7.69. The van der Waals surface area contributed by atoms with E-state index in [-0.39, 0.29) is 11.1 Å². The number of hydrogen-bond acceptors (Lipinski definition) is 5. The number of nitrogens with one attached hydrogen (secondary N) is 1. The van der Waals surface area contributed by atoms with Crippen LogP contribution in [0.15, 0.2) is 35.5 Å². The SMILES string of the molecule is Cn1cccc(C(=O)Nc2cc(N3CCCCC3)ncn2)c1=O. The lowest BCUT2D eigenvalue weighted by atomic mass is 10.1. The van der Waals surface area contributed by atoms with Crippen LogP contribution in [0.2, 0.25) is 0 Å². The Bertz CT molecular complexity index is 765. The molecule has 1 aliphatic heterocycles. The van der Waals surface area contributed by atoms with Crippen LogP contribution in [0.1, 0.15) is 29.6 Å². The second-order valence-electron chi connectivity index (χ2n) is 5.60. The summed E-state index contributed by atoms with van der Waals surface area (Å²) in [6, 6.07) is 4.91. The van der Waals surface area contributed by atoms with E-state index in [0.29, 0.717) is 5.82 Å². The summed E-state index contributed by atoms with van der Waals surface area (Å²) in [5, 5.41) is 2.68. The zero-order valence-corrected chi connectivity index (χ0v) is 13.0. The first-order valence-electron chi connectivity index (χ1n) is 7.69. The van der Waals surface area contributed by atoms with Gasteiger partial charge in [0.15, 0.2) is 0 Å². The van der Waals surface area contributed by atoms with Gasteiger partial charge in [0, 0.05) is 32.4 Å². The van der Waals surface area contributed by atoms with Crippen LogP contribution >= 0.6 is 0 Å². The highest BCUT2D eigenvalue weighted by atomic mass is 16.2. The lowest BCUT2D eigenvalue weighted by Crippen LogP contribution is -2.30. The van der Waals surface area contributed by atoms with Gasteiger partial charge in [0.25, 0.3) is 11.5 Å². The maximum atomic E-state index is 12.3. The smallest absolute Gasteiger partial charge is 0.263 e. The molecule has 2 aromatic rings. The molecule has 0 radical (unpaired) electrons. The van der Waals surface area contributed by atoms with Gasteiger partial charge in [0.05, 0.1) is 0 Å². The normalized spacial score (nSPS) is 14.6. The van der Waals surface area contributed by atoms with Crippen molar-refractivity contribution in [1.82, 2.24) is 14.5 Å². The maximum Gasteiger partial charge on any atom is 0.263 e. The van der Waals surface area contributed by atoms with Crippen LogP contribution in [0.3, 0.4) is 0 Å². The van der Waals surface area contributed by atoms with Gasteiger partial charge in [-0.25, -0.2) is 9.97 Å². The van der Waals surface area contributed by atoms with E-state index in [4.69, 9.17) is 0 Å². The molecule has 0 aliphatic carbocycles. The fourth-order valence-corrected chi connectivity index (χ4v) is 2.67. The number of pyridine rings is 1. The van der Waals surface area contributed by atoms with Crippen LogP contribution in [0.5, 0.6) is 0 Å². The third-order valence-electron chi connectivity index (χ3n) is 3.94. The lowest BCUT2D eigenvalue weighted by molar-refractivity contribution is 0.102. The first-order chi connectivity index (χ1) is 11.1.